The average Bonchev–Trinajstić information content (AvgIpc) is 3.14. The van der Waals surface area contributed by atoms with Gasteiger partial charge in [0.05, 0.1) is 10.7 Å². The number of aromatic nitrogens is 3. The Balaban J connectivity index is 2.05. The average molecular weight is 549 g/mol. The van der Waals surface area contributed by atoms with E-state index in [4.69, 9.17) is 23.2 Å². The first-order chi connectivity index (χ1) is 15.6. The highest BCUT2D eigenvalue weighted by molar-refractivity contribution is 7.90. The molecule has 0 aliphatic rings. The maximum atomic E-state index is 13.8. The van der Waals surface area contributed by atoms with Crippen molar-refractivity contribution in [2.75, 3.05) is 0 Å². The summed E-state index contributed by atoms with van der Waals surface area (Å²) >= 11 is 11.6. The van der Waals surface area contributed by atoms with Gasteiger partial charge in [-0.1, -0.05) is 40.5 Å². The predicted octanol–water partition coefficient (Wildman–Crippen LogP) is 4.61. The van der Waals surface area contributed by atoms with Crippen molar-refractivity contribution in [3.05, 3.63) is 63.9 Å². The van der Waals surface area contributed by atoms with Crippen LogP contribution in [0, 0.1) is 0 Å². The van der Waals surface area contributed by atoms with Gasteiger partial charge >= 0.3 is 12.5 Å². The van der Waals surface area contributed by atoms with Gasteiger partial charge in [-0.3, -0.25) is 4.79 Å². The van der Waals surface area contributed by atoms with Gasteiger partial charge in [0, 0.05) is 5.02 Å². The Morgan fingerprint density at radius 1 is 1.03 bits per heavy atom. The number of carbonyl (C=O) groups is 1. The van der Waals surface area contributed by atoms with E-state index in [2.05, 4.69) is 15.0 Å². The van der Waals surface area contributed by atoms with E-state index in [1.807, 2.05) is 0 Å². The molecule has 0 saturated heterocycles. The standard InChI is InChI=1S/C17H8Cl2F6N4O4S/c18-8-5-6-9(19)10(7-8)29-14(16(20,21)22)13(26-28-29)15(30)27-34(31,32)12-4-2-1-3-11(12)33-17(23,24)25/h1-7H,(H,27,30). The molecule has 2 aromatic carbocycles. The van der Waals surface area contributed by atoms with Crippen LogP contribution in [0.15, 0.2) is 47.4 Å². The number of nitrogens with zero attached hydrogens (tertiary/aromatic N) is 3. The molecular weight excluding hydrogens is 541 g/mol. The minimum absolute atomic E-state index is 0.0436. The molecule has 0 atom stereocenters. The van der Waals surface area contributed by atoms with Crippen molar-refractivity contribution < 1.29 is 44.3 Å². The van der Waals surface area contributed by atoms with Crippen LogP contribution in [-0.2, 0) is 16.2 Å². The number of ether oxygens (including phenoxy) is 1. The summed E-state index contributed by atoms with van der Waals surface area (Å²) in [7, 11) is -5.16. The number of para-hydroxylation sites is 1. The number of rotatable bonds is 5. The second kappa shape index (κ2) is 8.96. The van der Waals surface area contributed by atoms with Crippen molar-refractivity contribution >= 4 is 39.1 Å². The van der Waals surface area contributed by atoms with Crippen LogP contribution >= 0.6 is 23.2 Å². The summed E-state index contributed by atoms with van der Waals surface area (Å²) < 4.78 is 109. The number of halogens is 8. The number of sulfonamides is 1. The zero-order valence-corrected chi connectivity index (χ0v) is 18.3. The maximum absolute atomic E-state index is 13.8. The molecule has 34 heavy (non-hydrogen) atoms. The Morgan fingerprint density at radius 2 is 1.68 bits per heavy atom. The molecule has 0 spiro atoms. The molecule has 0 unspecified atom stereocenters. The van der Waals surface area contributed by atoms with Gasteiger partial charge < -0.3 is 4.74 Å². The molecule has 0 saturated carbocycles. The van der Waals surface area contributed by atoms with Crippen LogP contribution in [0.2, 0.25) is 10.0 Å². The summed E-state index contributed by atoms with van der Waals surface area (Å²) in [6.45, 7) is 0. The van der Waals surface area contributed by atoms with Crippen LogP contribution in [0.3, 0.4) is 0 Å². The molecule has 3 rings (SSSR count). The Kier molecular flexibility index (Phi) is 6.74. The van der Waals surface area contributed by atoms with E-state index in [-0.39, 0.29) is 14.7 Å². The Morgan fingerprint density at radius 3 is 2.29 bits per heavy atom. The van der Waals surface area contributed by atoms with Crippen molar-refractivity contribution in [1.82, 2.24) is 19.7 Å². The monoisotopic (exact) mass is 548 g/mol. The van der Waals surface area contributed by atoms with Crippen LogP contribution in [0.4, 0.5) is 26.3 Å². The summed E-state index contributed by atoms with van der Waals surface area (Å²) in [5.41, 5.74) is -3.75. The third-order valence-corrected chi connectivity index (χ3v) is 5.81. The van der Waals surface area contributed by atoms with Gasteiger partial charge in [0.25, 0.3) is 15.9 Å². The van der Waals surface area contributed by atoms with E-state index >= 15 is 0 Å². The number of benzene rings is 2. The van der Waals surface area contributed by atoms with Crippen molar-refractivity contribution in [2.24, 2.45) is 0 Å². The lowest BCUT2D eigenvalue weighted by Crippen LogP contribution is -2.33. The maximum Gasteiger partial charge on any atom is 0.573 e. The molecule has 0 bridgehead atoms. The highest BCUT2D eigenvalue weighted by Gasteiger charge is 2.43. The lowest BCUT2D eigenvalue weighted by Gasteiger charge is -2.14. The Labute approximate surface area is 196 Å². The lowest BCUT2D eigenvalue weighted by molar-refractivity contribution is -0.275. The second-order valence-electron chi connectivity index (χ2n) is 6.22. The van der Waals surface area contributed by atoms with E-state index in [0.29, 0.717) is 12.1 Å². The largest absolute Gasteiger partial charge is 0.573 e. The van der Waals surface area contributed by atoms with Crippen LogP contribution < -0.4 is 9.46 Å². The highest BCUT2D eigenvalue weighted by atomic mass is 35.5. The molecule has 182 valence electrons. The zero-order valence-electron chi connectivity index (χ0n) is 15.9. The van der Waals surface area contributed by atoms with Crippen molar-refractivity contribution in [3.8, 4) is 11.4 Å². The van der Waals surface area contributed by atoms with Gasteiger partial charge in [-0.15, -0.1) is 18.3 Å². The Bertz CT molecular complexity index is 1360. The third kappa shape index (κ3) is 5.53. The minimum Gasteiger partial charge on any atom is -0.404 e. The first kappa shape index (κ1) is 25.6. The molecule has 1 N–H and O–H groups in total. The van der Waals surface area contributed by atoms with Gasteiger partial charge in [0.15, 0.2) is 11.4 Å². The molecular formula is C17H8Cl2F6N4O4S. The first-order valence-electron chi connectivity index (χ1n) is 8.50. The summed E-state index contributed by atoms with van der Waals surface area (Å²) in [4.78, 5) is 11.3. The fraction of sp³-hybridized carbons (Fsp3) is 0.118. The molecule has 1 heterocycles. The summed E-state index contributed by atoms with van der Waals surface area (Å²) in [6.07, 6.45) is -10.6. The predicted molar refractivity (Wildman–Crippen MR) is 104 cm³/mol. The number of nitrogens with one attached hydrogen (secondary N) is 1. The van der Waals surface area contributed by atoms with Crippen LogP contribution in [0.25, 0.3) is 5.69 Å². The van der Waals surface area contributed by atoms with Crippen LogP contribution in [0.1, 0.15) is 16.2 Å². The molecule has 1 amide bonds. The molecule has 8 nitrogen and oxygen atoms in total. The normalized spacial score (nSPS) is 12.5. The molecule has 0 fully saturated rings. The summed E-state index contributed by atoms with van der Waals surface area (Å²) in [6, 6.07) is 6.66. The molecule has 17 heteroatoms. The van der Waals surface area contributed by atoms with Gasteiger partial charge in [0.1, 0.15) is 10.6 Å². The smallest absolute Gasteiger partial charge is 0.404 e. The number of alkyl halides is 6. The van der Waals surface area contributed by atoms with Crippen molar-refractivity contribution in [2.45, 2.75) is 17.4 Å². The van der Waals surface area contributed by atoms with E-state index in [1.54, 1.807) is 0 Å². The van der Waals surface area contributed by atoms with Crippen molar-refractivity contribution in [1.29, 1.82) is 0 Å². The van der Waals surface area contributed by atoms with Crippen LogP contribution in [0.5, 0.6) is 5.75 Å². The molecule has 0 aliphatic carbocycles. The number of amides is 1. The van der Waals surface area contributed by atoms with E-state index in [9.17, 15) is 39.6 Å². The van der Waals surface area contributed by atoms with E-state index in [0.717, 1.165) is 24.3 Å². The number of hydrogen-bond donors (Lipinski definition) is 1. The van der Waals surface area contributed by atoms with E-state index < -0.39 is 56.2 Å². The fourth-order valence-electron chi connectivity index (χ4n) is 2.61. The quantitative estimate of drug-likeness (QED) is 0.467. The molecule has 0 radical (unpaired) electrons. The first-order valence-corrected chi connectivity index (χ1v) is 10.7. The fourth-order valence-corrected chi connectivity index (χ4v) is 4.06. The third-order valence-electron chi connectivity index (χ3n) is 3.88. The van der Waals surface area contributed by atoms with Crippen LogP contribution in [-0.4, -0.2) is 35.7 Å². The summed E-state index contributed by atoms with van der Waals surface area (Å²) in [5.74, 6) is -3.15. The summed E-state index contributed by atoms with van der Waals surface area (Å²) in [5, 5.41) is 6.00. The number of hydrogen-bond acceptors (Lipinski definition) is 6. The van der Waals surface area contributed by atoms with Gasteiger partial charge in [-0.2, -0.15) is 13.2 Å². The SMILES string of the molecule is O=C(NS(=O)(=O)c1ccccc1OC(F)(F)F)c1nnn(-c2cc(Cl)ccc2Cl)c1C(F)(F)F. The molecule has 3 aromatic rings. The van der Waals surface area contributed by atoms with Gasteiger partial charge in [-0.25, -0.2) is 17.8 Å². The Hall–Kier alpha value is -3.04. The van der Waals surface area contributed by atoms with Gasteiger partial charge in [-0.05, 0) is 30.3 Å². The van der Waals surface area contributed by atoms with Gasteiger partial charge in [0.2, 0.25) is 0 Å². The zero-order chi connectivity index (χ0) is 25.5. The second-order valence-corrected chi connectivity index (χ2v) is 8.72. The minimum atomic E-state index is -5.30. The lowest BCUT2D eigenvalue weighted by atomic mass is 10.2. The number of carbonyl (C=O) groups excluding carboxylic acids is 1. The topological polar surface area (TPSA) is 103 Å². The van der Waals surface area contributed by atoms with E-state index in [1.165, 1.54) is 10.8 Å². The molecule has 0 aliphatic heterocycles. The molecule has 1 aromatic heterocycles. The van der Waals surface area contributed by atoms with Crippen molar-refractivity contribution in [3.63, 3.8) is 0 Å². The highest BCUT2D eigenvalue weighted by Crippen LogP contribution is 2.35.